The molecule has 0 aromatic heterocycles. The van der Waals surface area contributed by atoms with Crippen molar-refractivity contribution in [2.45, 2.75) is 88.9 Å². The maximum absolute atomic E-state index is 13.5. The van der Waals surface area contributed by atoms with Crippen molar-refractivity contribution in [3.63, 3.8) is 0 Å². The third-order valence-electron chi connectivity index (χ3n) is 11.5. The lowest BCUT2D eigenvalue weighted by molar-refractivity contribution is 0.290. The Kier molecular flexibility index (Phi) is 14.9. The van der Waals surface area contributed by atoms with E-state index in [-0.39, 0.29) is 22.3 Å². The Morgan fingerprint density at radius 3 is 1.45 bits per heavy atom. The molecule has 0 spiro atoms. The van der Waals surface area contributed by atoms with Gasteiger partial charge in [-0.05, 0) is 101 Å². The van der Waals surface area contributed by atoms with Crippen LogP contribution in [0.2, 0.25) is 0 Å². The molecular formula is C44H56BrIN2O6S2. The average molecular weight is 980 g/mol. The second kappa shape index (κ2) is 18.8. The number of anilines is 4. The number of ether oxygens (including phenoxy) is 2. The quantitative estimate of drug-likeness (QED) is 0.130. The topological polar surface area (TPSA) is 93.2 Å². The number of unbranched alkanes of at least 4 members (excludes halogenated alkanes) is 2. The van der Waals surface area contributed by atoms with E-state index in [2.05, 4.69) is 88.1 Å². The van der Waals surface area contributed by atoms with E-state index in [1.54, 1.807) is 26.4 Å². The molecule has 2 unspecified atom stereocenters. The summed E-state index contributed by atoms with van der Waals surface area (Å²) in [5, 5.41) is 0. The van der Waals surface area contributed by atoms with Crippen molar-refractivity contribution in [2.24, 2.45) is 10.8 Å². The summed E-state index contributed by atoms with van der Waals surface area (Å²) in [5.74, 6) is 1.48. The fraction of sp³-hybridized carbons (Fsp3) is 0.455. The Morgan fingerprint density at radius 1 is 0.643 bits per heavy atom. The Hall–Kier alpha value is -2.81. The van der Waals surface area contributed by atoms with Gasteiger partial charge in [0.05, 0.1) is 54.9 Å². The van der Waals surface area contributed by atoms with Crippen LogP contribution in [-0.4, -0.2) is 55.7 Å². The minimum atomic E-state index is -3.46. The standard InChI is InChI=1S/C22H28BrNO3S.C22H28INO3S/c2*1-4-6-12-22(5-2)15-24(17-10-8-7-9-11-17)19-13-18(23)20(27-3)14-21(19)28(25,26)16-22/h2*7-11,13-14H,4-6,12,15-16H2,1-3H3. The lowest BCUT2D eigenvalue weighted by Crippen LogP contribution is -2.37. The summed E-state index contributed by atoms with van der Waals surface area (Å²) >= 11 is 5.75. The predicted octanol–water partition coefficient (Wildman–Crippen LogP) is 11.8. The van der Waals surface area contributed by atoms with Crippen LogP contribution in [0.15, 0.2) is 99.2 Å². The van der Waals surface area contributed by atoms with E-state index in [1.807, 2.05) is 60.7 Å². The Bertz CT molecular complexity index is 2020. The first-order chi connectivity index (χ1) is 26.7. The molecule has 0 radical (unpaired) electrons. The molecule has 2 heterocycles. The van der Waals surface area contributed by atoms with Crippen LogP contribution in [0, 0.1) is 14.4 Å². The zero-order valence-corrected chi connectivity index (χ0v) is 38.9. The monoisotopic (exact) mass is 978 g/mol. The minimum absolute atomic E-state index is 0.164. The van der Waals surface area contributed by atoms with Crippen molar-refractivity contribution < 1.29 is 26.3 Å². The molecule has 0 fully saturated rings. The second-order valence-corrected chi connectivity index (χ2v) is 21.1. The number of sulfone groups is 2. The molecule has 304 valence electrons. The van der Waals surface area contributed by atoms with E-state index < -0.39 is 19.7 Å². The van der Waals surface area contributed by atoms with E-state index >= 15 is 0 Å². The molecule has 0 N–H and O–H groups in total. The Labute approximate surface area is 357 Å². The van der Waals surface area contributed by atoms with Crippen molar-refractivity contribution in [1.29, 1.82) is 0 Å². The van der Waals surface area contributed by atoms with Crippen LogP contribution in [0.25, 0.3) is 0 Å². The third-order valence-corrected chi connectivity index (χ3v) is 16.9. The van der Waals surface area contributed by atoms with Gasteiger partial charge in [-0.15, -0.1) is 0 Å². The van der Waals surface area contributed by atoms with Crippen LogP contribution >= 0.6 is 38.5 Å². The van der Waals surface area contributed by atoms with E-state index in [1.165, 1.54) is 0 Å². The van der Waals surface area contributed by atoms with Crippen LogP contribution in [0.5, 0.6) is 11.5 Å². The highest BCUT2D eigenvalue weighted by Crippen LogP contribution is 2.48. The molecule has 12 heteroatoms. The van der Waals surface area contributed by atoms with Gasteiger partial charge in [0, 0.05) is 47.4 Å². The second-order valence-electron chi connectivity index (χ2n) is 15.2. The number of hydrogen-bond donors (Lipinski definition) is 0. The highest BCUT2D eigenvalue weighted by molar-refractivity contribution is 14.1. The minimum Gasteiger partial charge on any atom is -0.496 e. The fourth-order valence-electron chi connectivity index (χ4n) is 8.04. The lowest BCUT2D eigenvalue weighted by atomic mass is 9.81. The number of benzene rings is 4. The molecule has 4 aromatic carbocycles. The molecule has 2 aliphatic heterocycles. The van der Waals surface area contributed by atoms with Crippen molar-refractivity contribution in [3.05, 3.63) is 93.0 Å². The van der Waals surface area contributed by atoms with E-state index in [0.717, 1.165) is 76.5 Å². The highest BCUT2D eigenvalue weighted by Gasteiger charge is 2.43. The van der Waals surface area contributed by atoms with Crippen LogP contribution in [0.4, 0.5) is 22.7 Å². The maximum Gasteiger partial charge on any atom is 0.181 e. The van der Waals surface area contributed by atoms with Crippen molar-refractivity contribution in [2.75, 3.05) is 48.6 Å². The van der Waals surface area contributed by atoms with Gasteiger partial charge in [0.2, 0.25) is 0 Å². The summed E-state index contributed by atoms with van der Waals surface area (Å²) < 4.78 is 66.5. The number of halogens is 2. The number of para-hydroxylation sites is 2. The van der Waals surface area contributed by atoms with Crippen LogP contribution < -0.4 is 19.3 Å². The molecule has 0 saturated carbocycles. The van der Waals surface area contributed by atoms with Gasteiger partial charge in [-0.1, -0.05) is 89.8 Å². The molecular weight excluding hydrogens is 923 g/mol. The summed E-state index contributed by atoms with van der Waals surface area (Å²) in [7, 11) is -3.76. The number of hydrogen-bond acceptors (Lipinski definition) is 8. The van der Waals surface area contributed by atoms with Gasteiger partial charge in [-0.3, -0.25) is 0 Å². The smallest absolute Gasteiger partial charge is 0.181 e. The number of rotatable bonds is 12. The summed E-state index contributed by atoms with van der Waals surface area (Å²) in [6.07, 6.45) is 7.63. The van der Waals surface area contributed by atoms with Crippen LogP contribution in [0.3, 0.4) is 0 Å². The molecule has 8 nitrogen and oxygen atoms in total. The Balaban J connectivity index is 0.000000214. The molecule has 6 rings (SSSR count). The molecule has 0 saturated heterocycles. The van der Waals surface area contributed by atoms with E-state index in [4.69, 9.17) is 9.47 Å². The van der Waals surface area contributed by atoms with Gasteiger partial charge >= 0.3 is 0 Å². The van der Waals surface area contributed by atoms with Crippen LogP contribution in [0.1, 0.15) is 79.1 Å². The van der Waals surface area contributed by atoms with E-state index in [9.17, 15) is 16.8 Å². The van der Waals surface area contributed by atoms with Crippen molar-refractivity contribution >= 4 is 80.9 Å². The van der Waals surface area contributed by atoms with Gasteiger partial charge in [0.15, 0.2) is 19.7 Å². The zero-order chi connectivity index (χ0) is 40.7. The normalized spacial score (nSPS) is 21.1. The first-order valence-corrected chi connectivity index (χ1v) is 24.7. The molecule has 2 aliphatic rings. The molecule has 56 heavy (non-hydrogen) atoms. The molecule has 2 atom stereocenters. The highest BCUT2D eigenvalue weighted by atomic mass is 127. The first kappa shape index (κ1) is 44.3. The van der Waals surface area contributed by atoms with Gasteiger partial charge in [-0.25, -0.2) is 16.8 Å². The van der Waals surface area contributed by atoms with Crippen molar-refractivity contribution in [3.8, 4) is 11.5 Å². The molecule has 0 bridgehead atoms. The summed E-state index contributed by atoms with van der Waals surface area (Å²) in [4.78, 5) is 5.09. The van der Waals surface area contributed by atoms with E-state index in [0.29, 0.717) is 40.1 Å². The number of fused-ring (bicyclic) bond motifs is 2. The van der Waals surface area contributed by atoms with Crippen LogP contribution in [-0.2, 0) is 19.7 Å². The Morgan fingerprint density at radius 2 is 1.05 bits per heavy atom. The van der Waals surface area contributed by atoms with Gasteiger partial charge in [-0.2, -0.15) is 0 Å². The summed E-state index contributed by atoms with van der Waals surface area (Å²) in [6, 6.07) is 27.3. The third kappa shape index (κ3) is 9.72. The molecule has 4 aromatic rings. The fourth-order valence-corrected chi connectivity index (χ4v) is 13.6. The summed E-state index contributed by atoms with van der Waals surface area (Å²) in [6.45, 7) is 9.92. The zero-order valence-electron chi connectivity index (χ0n) is 33.5. The average Bonchev–Trinajstić information content (AvgIpc) is 3.36. The maximum atomic E-state index is 13.5. The lowest BCUT2D eigenvalue weighted by Gasteiger charge is -2.36. The molecule has 0 amide bonds. The van der Waals surface area contributed by atoms with Gasteiger partial charge in [0.1, 0.15) is 11.5 Å². The SMILES string of the molecule is CCCCC1(CC)CN(c2ccccc2)c2cc(Br)c(OC)cc2S(=O)(=O)C1.CCCCC1(CC)CN(c2ccccc2)c2cc(I)c(OC)cc2S(=O)(=O)C1. The van der Waals surface area contributed by atoms with Gasteiger partial charge in [0.25, 0.3) is 0 Å². The first-order valence-electron chi connectivity index (χ1n) is 19.6. The molecule has 0 aliphatic carbocycles. The summed E-state index contributed by atoms with van der Waals surface area (Å²) in [5.41, 5.74) is 2.93. The predicted molar refractivity (Wildman–Crippen MR) is 242 cm³/mol. The van der Waals surface area contributed by atoms with Gasteiger partial charge < -0.3 is 19.3 Å². The number of nitrogens with zero attached hydrogens (tertiary/aromatic N) is 2. The largest absolute Gasteiger partial charge is 0.496 e. The van der Waals surface area contributed by atoms with Crippen molar-refractivity contribution in [1.82, 2.24) is 0 Å². The number of methoxy groups -OCH3 is 2.